The van der Waals surface area contributed by atoms with E-state index in [0.29, 0.717) is 52.7 Å². The first kappa shape index (κ1) is 64.7. The fourth-order valence-electron chi connectivity index (χ4n) is 9.47. The van der Waals surface area contributed by atoms with Crippen molar-refractivity contribution in [1.29, 1.82) is 0 Å². The summed E-state index contributed by atoms with van der Waals surface area (Å²) < 4.78 is 72.4. The maximum absolute atomic E-state index is 13.3. The molecule has 2 amide bonds. The van der Waals surface area contributed by atoms with Crippen LogP contribution in [-0.2, 0) is 42.6 Å². The number of aromatic nitrogens is 6. The van der Waals surface area contributed by atoms with E-state index in [2.05, 4.69) is 88.5 Å². The third-order valence-corrected chi connectivity index (χ3v) is 19.3. The number of nitrogens with one attached hydrogen (secondary N) is 5. The topological polar surface area (TPSA) is 268 Å². The van der Waals surface area contributed by atoms with Gasteiger partial charge in [0.1, 0.15) is 0 Å². The number of amides is 2. The van der Waals surface area contributed by atoms with Gasteiger partial charge < -0.3 is 40.3 Å². The van der Waals surface area contributed by atoms with Crippen LogP contribution in [0.15, 0.2) is 88.1 Å². The molecule has 2 aliphatic carbocycles. The lowest BCUT2D eigenvalue weighted by molar-refractivity contribution is 0.108. The number of nitrogen functional groups attached to an aromatic ring is 1. The number of imidazole rings is 2. The molecule has 0 unspecified atom stereocenters. The number of sulfonamides is 2. The number of nitrogens with two attached hydrogens (primary N) is 1. The van der Waals surface area contributed by atoms with Crippen molar-refractivity contribution < 1.29 is 35.9 Å². The molecule has 0 atom stereocenters. The zero-order chi connectivity index (χ0) is 59.0. The van der Waals surface area contributed by atoms with Crippen LogP contribution in [0.3, 0.4) is 0 Å². The average Bonchev–Trinajstić information content (AvgIpc) is 4.25. The van der Waals surface area contributed by atoms with Crippen molar-refractivity contribution in [2.24, 2.45) is 11.8 Å². The normalized spacial score (nSPS) is 17.5. The Labute approximate surface area is 494 Å². The van der Waals surface area contributed by atoms with Gasteiger partial charge in [0.2, 0.25) is 26.0 Å². The van der Waals surface area contributed by atoms with E-state index in [0.717, 1.165) is 89.0 Å². The molecular weight excluding hydrogens is 1180 g/mol. The minimum atomic E-state index is -3.75. The van der Waals surface area contributed by atoms with Crippen LogP contribution in [-0.4, -0.2) is 95.5 Å². The molecule has 0 aliphatic heterocycles. The number of benzene rings is 2. The molecular formula is C56H81BrN12O8S4. The highest BCUT2D eigenvalue weighted by Crippen LogP contribution is 2.42. The Bertz CT molecular complexity index is 3200. The molecule has 0 radical (unpaired) electrons. The van der Waals surface area contributed by atoms with Gasteiger partial charge in [-0.15, -0.1) is 22.7 Å². The largest absolute Gasteiger partial charge is 0.447 e. The first-order valence-electron chi connectivity index (χ1n) is 27.8. The molecule has 6 aromatic rings. The van der Waals surface area contributed by atoms with Crippen molar-refractivity contribution in [2.75, 3.05) is 24.1 Å². The van der Waals surface area contributed by atoms with Gasteiger partial charge in [0, 0.05) is 110 Å². The van der Waals surface area contributed by atoms with Crippen molar-refractivity contribution in [2.45, 2.75) is 180 Å². The van der Waals surface area contributed by atoms with Crippen LogP contribution in [0.4, 0.5) is 26.9 Å². The number of thiazole rings is 2. The molecule has 81 heavy (non-hydrogen) atoms. The molecule has 2 fully saturated rings. The number of rotatable bonds is 20. The van der Waals surface area contributed by atoms with E-state index in [1.54, 1.807) is 56.8 Å². The summed E-state index contributed by atoms with van der Waals surface area (Å²) in [6.45, 7) is 21.9. The fraction of sp³-hybridized carbons (Fsp3) is 0.536. The van der Waals surface area contributed by atoms with E-state index in [1.165, 1.54) is 28.7 Å². The van der Waals surface area contributed by atoms with Crippen molar-refractivity contribution in [3.63, 3.8) is 0 Å². The van der Waals surface area contributed by atoms with E-state index < -0.39 is 20.0 Å². The summed E-state index contributed by atoms with van der Waals surface area (Å²) in [4.78, 5) is 43.5. The standard InChI is InChI=1S/C28H40N6O4S2.C21H30N4O4S2.C7H11BrN2/c1-6-31-40(36,37)25-15-22(32-27-29-13-14-34(27)17-18(2)3)11-12-23(25)24-16-30-26(39-24)20-7-9-21(10-8-20)33-28(35)38-19(4)5;1-4-24-31(27,28)19-11-15(22)7-10-17(19)18-12-23-20(30-18)14-5-8-16(9-6-14)25-21(26)29-13(2)3;1-6(2)5-10-4-3-9-7(10)8/h11-16,18-21,31H,6-10,17H2,1-5H3,(H,29,32)(H,33,35);7,10-14,16,24H,4-6,8-9,22H2,1-3H3,(H,25,26);3-4,6H,5H2,1-2H3. The maximum atomic E-state index is 13.3. The molecule has 20 nitrogen and oxygen atoms in total. The van der Waals surface area contributed by atoms with Crippen LogP contribution in [0.2, 0.25) is 0 Å². The van der Waals surface area contributed by atoms with Gasteiger partial charge in [-0.05, 0) is 131 Å². The summed E-state index contributed by atoms with van der Waals surface area (Å²) in [5, 5.41) is 11.2. The Hall–Kier alpha value is -5.44. The Kier molecular flexibility index (Phi) is 24.1. The lowest BCUT2D eigenvalue weighted by Crippen LogP contribution is -2.38. The van der Waals surface area contributed by atoms with E-state index in [4.69, 9.17) is 20.2 Å². The molecule has 0 spiro atoms. The van der Waals surface area contributed by atoms with Gasteiger partial charge in [0.25, 0.3) is 0 Å². The minimum absolute atomic E-state index is 0.0926. The second-order valence-electron chi connectivity index (χ2n) is 21.6. The molecule has 0 saturated heterocycles. The van der Waals surface area contributed by atoms with Gasteiger partial charge in [-0.2, -0.15) is 0 Å². The second-order valence-corrected chi connectivity index (χ2v) is 27.9. The monoisotopic (exact) mass is 1260 g/mol. The number of ether oxygens (including phenoxy) is 2. The third kappa shape index (κ3) is 19.3. The van der Waals surface area contributed by atoms with E-state index >= 15 is 0 Å². The Balaban J connectivity index is 0.000000227. The van der Waals surface area contributed by atoms with Crippen LogP contribution in [0, 0.1) is 11.8 Å². The predicted molar refractivity (Wildman–Crippen MR) is 326 cm³/mol. The summed E-state index contributed by atoms with van der Waals surface area (Å²) in [6, 6.07) is 10.5. The number of nitrogens with zero attached hydrogens (tertiary/aromatic N) is 6. The van der Waals surface area contributed by atoms with Gasteiger partial charge >= 0.3 is 12.2 Å². The fourth-order valence-corrected chi connectivity index (χ4v) is 14.8. The first-order valence-corrected chi connectivity index (χ1v) is 33.2. The van der Waals surface area contributed by atoms with Crippen LogP contribution in [0.1, 0.15) is 142 Å². The quantitative estimate of drug-likeness (QED) is 0.0388. The third-order valence-electron chi connectivity index (χ3n) is 13.1. The van der Waals surface area contributed by atoms with Gasteiger partial charge in [-0.1, -0.05) is 53.7 Å². The number of alkyl carbamates (subject to hydrolysis) is 2. The molecule has 444 valence electrons. The number of carbonyl (C=O) groups is 2. The second kappa shape index (κ2) is 30.2. The molecule has 2 aliphatic rings. The summed E-state index contributed by atoms with van der Waals surface area (Å²) in [7, 11) is -7.41. The highest BCUT2D eigenvalue weighted by molar-refractivity contribution is 9.10. The van der Waals surface area contributed by atoms with Crippen molar-refractivity contribution in [1.82, 2.24) is 49.1 Å². The van der Waals surface area contributed by atoms with E-state index in [-0.39, 0.29) is 58.7 Å². The lowest BCUT2D eigenvalue weighted by Gasteiger charge is -2.28. The zero-order valence-corrected chi connectivity index (χ0v) is 52.9. The minimum Gasteiger partial charge on any atom is -0.447 e. The summed E-state index contributed by atoms with van der Waals surface area (Å²) in [5.41, 5.74) is 8.11. The van der Waals surface area contributed by atoms with Gasteiger partial charge in [0.15, 0.2) is 4.73 Å². The Morgan fingerprint density at radius 3 is 1.53 bits per heavy atom. The Morgan fingerprint density at radius 2 is 1.09 bits per heavy atom. The summed E-state index contributed by atoms with van der Waals surface area (Å²) in [5.74, 6) is 2.34. The molecule has 4 heterocycles. The highest BCUT2D eigenvalue weighted by atomic mass is 79.9. The number of halogens is 1. The molecule has 25 heteroatoms. The number of hydrogen-bond donors (Lipinski definition) is 6. The Morgan fingerprint density at radius 1 is 0.642 bits per heavy atom. The lowest BCUT2D eigenvalue weighted by atomic mass is 9.86. The first-order chi connectivity index (χ1) is 38.4. The predicted octanol–water partition coefficient (Wildman–Crippen LogP) is 12.0. The number of anilines is 3. The molecule has 2 aromatic carbocycles. The smallest absolute Gasteiger partial charge is 0.407 e. The molecule has 2 saturated carbocycles. The SMILES string of the molecule is CC(C)Cn1ccnc1Br.CCNS(=O)(=O)c1cc(N)ccc1-c1cnc(C2CCC(NC(=O)OC(C)C)CC2)s1.CCNS(=O)(=O)c1cc(Nc2nccn2CC(C)C)ccc1-c1cnc(C2CCC(NC(=O)OC(C)C)CC2)s1. The van der Waals surface area contributed by atoms with E-state index in [9.17, 15) is 26.4 Å². The highest BCUT2D eigenvalue weighted by Gasteiger charge is 2.30. The average molecular weight is 1260 g/mol. The van der Waals surface area contributed by atoms with Gasteiger partial charge in [-0.3, -0.25) is 0 Å². The van der Waals surface area contributed by atoms with E-state index in [1.807, 2.05) is 56.8 Å². The van der Waals surface area contributed by atoms with Crippen LogP contribution < -0.4 is 31.1 Å². The van der Waals surface area contributed by atoms with Gasteiger partial charge in [0.05, 0.1) is 41.8 Å². The van der Waals surface area contributed by atoms with Crippen molar-refractivity contribution in [3.05, 3.63) is 88.3 Å². The number of carbonyl (C=O) groups excluding carboxylic acids is 2. The zero-order valence-electron chi connectivity index (χ0n) is 48.1. The maximum Gasteiger partial charge on any atom is 0.407 e. The number of hydrogen-bond acceptors (Lipinski definition) is 16. The van der Waals surface area contributed by atoms with Crippen LogP contribution >= 0.6 is 38.6 Å². The summed E-state index contributed by atoms with van der Waals surface area (Å²) >= 11 is 6.39. The van der Waals surface area contributed by atoms with Crippen LogP contribution in [0.25, 0.3) is 20.9 Å². The van der Waals surface area contributed by atoms with Crippen LogP contribution in [0.5, 0.6) is 0 Å². The van der Waals surface area contributed by atoms with Crippen molar-refractivity contribution >= 4 is 88.2 Å². The molecule has 4 aromatic heterocycles. The van der Waals surface area contributed by atoms with Crippen molar-refractivity contribution in [3.8, 4) is 20.9 Å². The summed E-state index contributed by atoms with van der Waals surface area (Å²) in [6.07, 6.45) is 16.9. The molecule has 8 rings (SSSR count). The molecule has 0 bridgehead atoms. The molecule has 7 N–H and O–H groups in total. The van der Waals surface area contributed by atoms with Gasteiger partial charge in [-0.25, -0.2) is 55.8 Å².